The van der Waals surface area contributed by atoms with Gasteiger partial charge in [0.05, 0.1) is 17.4 Å². The fourth-order valence-electron chi connectivity index (χ4n) is 1.96. The van der Waals surface area contributed by atoms with Gasteiger partial charge in [0.2, 0.25) is 0 Å². The van der Waals surface area contributed by atoms with Crippen LogP contribution in [0.3, 0.4) is 0 Å². The number of nitrogens with one attached hydrogen (secondary N) is 1. The van der Waals surface area contributed by atoms with Gasteiger partial charge in [-0.05, 0) is 24.4 Å². The van der Waals surface area contributed by atoms with E-state index in [4.69, 9.17) is 12.2 Å². The van der Waals surface area contributed by atoms with E-state index in [1.807, 2.05) is 35.3 Å². The maximum absolute atomic E-state index is 5.33. The third-order valence-electron chi connectivity index (χ3n) is 2.82. The summed E-state index contributed by atoms with van der Waals surface area (Å²) in [5.41, 5.74) is 2.24. The van der Waals surface area contributed by atoms with Gasteiger partial charge in [-0.3, -0.25) is 0 Å². The average Bonchev–Trinajstić information content (AvgIpc) is 2.93. The van der Waals surface area contributed by atoms with Crippen LogP contribution in [0, 0.1) is 4.77 Å². The number of H-pyrrole nitrogens is 1. The summed E-state index contributed by atoms with van der Waals surface area (Å²) in [6.45, 7) is 1.72. The fourth-order valence-corrected chi connectivity index (χ4v) is 2.26. The lowest BCUT2D eigenvalue weighted by atomic mass is 10.3. The molecule has 0 aliphatic heterocycles. The van der Waals surface area contributed by atoms with Crippen LogP contribution in [0.4, 0.5) is 0 Å². The maximum atomic E-state index is 5.33. The maximum Gasteiger partial charge on any atom is 0.178 e. The van der Waals surface area contributed by atoms with Crippen molar-refractivity contribution in [2.75, 3.05) is 0 Å². The first-order valence-electron chi connectivity index (χ1n) is 5.48. The van der Waals surface area contributed by atoms with Crippen LogP contribution in [0.2, 0.25) is 0 Å². The molecule has 4 nitrogen and oxygen atoms in total. The Morgan fingerprint density at radius 2 is 2.12 bits per heavy atom. The third-order valence-corrected chi connectivity index (χ3v) is 3.15. The summed E-state index contributed by atoms with van der Waals surface area (Å²) in [4.78, 5) is 7.24. The van der Waals surface area contributed by atoms with Crippen molar-refractivity contribution in [1.29, 1.82) is 0 Å². The van der Waals surface area contributed by atoms with Crippen molar-refractivity contribution in [3.05, 3.63) is 47.8 Å². The number of rotatable bonds is 3. The Kier molecular flexibility index (Phi) is 2.53. The molecule has 0 fully saturated rings. The zero-order chi connectivity index (χ0) is 11.7. The third kappa shape index (κ3) is 1.89. The Morgan fingerprint density at radius 1 is 1.24 bits per heavy atom. The molecule has 17 heavy (non-hydrogen) atoms. The van der Waals surface area contributed by atoms with Crippen molar-refractivity contribution in [2.24, 2.45) is 0 Å². The van der Waals surface area contributed by atoms with E-state index in [2.05, 4.69) is 20.6 Å². The van der Waals surface area contributed by atoms with Crippen LogP contribution in [-0.2, 0) is 13.1 Å². The molecule has 1 aromatic carbocycles. The lowest BCUT2D eigenvalue weighted by Gasteiger charge is -2.05. The molecule has 0 unspecified atom stereocenters. The van der Waals surface area contributed by atoms with E-state index in [0.717, 1.165) is 28.9 Å². The van der Waals surface area contributed by atoms with Crippen LogP contribution in [-0.4, -0.2) is 19.1 Å². The Labute approximate surface area is 104 Å². The van der Waals surface area contributed by atoms with Gasteiger partial charge in [0.1, 0.15) is 0 Å². The monoisotopic (exact) mass is 244 g/mol. The van der Waals surface area contributed by atoms with E-state index in [0.29, 0.717) is 0 Å². The molecule has 2 heterocycles. The standard InChI is InChI=1S/C12H12N4S/c17-12-14-10-3-1-2-4-11(10)16(12)8-7-15-6-5-13-9-15/h1-6,9H,7-8H2,(H,14,17). The van der Waals surface area contributed by atoms with Gasteiger partial charge in [0.15, 0.2) is 4.77 Å². The summed E-state index contributed by atoms with van der Waals surface area (Å²) in [5.74, 6) is 0. The summed E-state index contributed by atoms with van der Waals surface area (Å²) in [7, 11) is 0. The predicted molar refractivity (Wildman–Crippen MR) is 69.3 cm³/mol. The van der Waals surface area contributed by atoms with Crippen molar-refractivity contribution in [3.63, 3.8) is 0 Å². The first-order chi connectivity index (χ1) is 8.34. The topological polar surface area (TPSA) is 38.5 Å². The quantitative estimate of drug-likeness (QED) is 0.719. The summed E-state index contributed by atoms with van der Waals surface area (Å²) in [6.07, 6.45) is 5.56. The number of benzene rings is 1. The molecule has 86 valence electrons. The van der Waals surface area contributed by atoms with Gasteiger partial charge in [-0.15, -0.1) is 0 Å². The summed E-state index contributed by atoms with van der Waals surface area (Å²) in [5, 5.41) is 0. The Hall–Kier alpha value is -1.88. The van der Waals surface area contributed by atoms with Crippen LogP contribution < -0.4 is 0 Å². The average molecular weight is 244 g/mol. The number of aromatic nitrogens is 4. The highest BCUT2D eigenvalue weighted by Crippen LogP contribution is 2.13. The number of fused-ring (bicyclic) bond motifs is 1. The first-order valence-corrected chi connectivity index (χ1v) is 5.89. The molecular formula is C12H12N4S. The van der Waals surface area contributed by atoms with Crippen molar-refractivity contribution < 1.29 is 0 Å². The zero-order valence-corrected chi connectivity index (χ0v) is 10.0. The first kappa shape index (κ1) is 10.3. The van der Waals surface area contributed by atoms with E-state index in [-0.39, 0.29) is 0 Å². The SMILES string of the molecule is S=c1[nH]c2ccccc2n1CCn1ccnc1. The largest absolute Gasteiger partial charge is 0.336 e. The van der Waals surface area contributed by atoms with Gasteiger partial charge in [-0.2, -0.15) is 0 Å². The van der Waals surface area contributed by atoms with Crippen LogP contribution in [0.5, 0.6) is 0 Å². The number of nitrogens with zero attached hydrogens (tertiary/aromatic N) is 3. The molecule has 0 amide bonds. The minimum absolute atomic E-state index is 0.770. The van der Waals surface area contributed by atoms with Gasteiger partial charge in [-0.1, -0.05) is 12.1 Å². The molecule has 0 saturated carbocycles. The number of para-hydroxylation sites is 2. The highest BCUT2D eigenvalue weighted by molar-refractivity contribution is 7.71. The molecule has 0 aliphatic rings. The highest BCUT2D eigenvalue weighted by atomic mass is 32.1. The summed E-state index contributed by atoms with van der Waals surface area (Å²) in [6, 6.07) is 8.15. The number of hydrogen-bond donors (Lipinski definition) is 1. The van der Waals surface area contributed by atoms with Crippen molar-refractivity contribution in [2.45, 2.75) is 13.1 Å². The van der Waals surface area contributed by atoms with Gasteiger partial charge >= 0.3 is 0 Å². The molecule has 0 radical (unpaired) electrons. The van der Waals surface area contributed by atoms with Crippen LogP contribution >= 0.6 is 12.2 Å². The van der Waals surface area contributed by atoms with Crippen LogP contribution in [0.25, 0.3) is 11.0 Å². The van der Waals surface area contributed by atoms with E-state index in [1.54, 1.807) is 6.20 Å². The minimum Gasteiger partial charge on any atom is -0.336 e. The van der Waals surface area contributed by atoms with Gasteiger partial charge in [-0.25, -0.2) is 4.98 Å². The van der Waals surface area contributed by atoms with E-state index in [9.17, 15) is 0 Å². The number of aryl methyl sites for hydroxylation is 2. The molecule has 0 aliphatic carbocycles. The summed E-state index contributed by atoms with van der Waals surface area (Å²) < 4.78 is 4.93. The lowest BCUT2D eigenvalue weighted by molar-refractivity contribution is 0.584. The van der Waals surface area contributed by atoms with Crippen LogP contribution in [0.1, 0.15) is 0 Å². The van der Waals surface area contributed by atoms with Crippen LogP contribution in [0.15, 0.2) is 43.0 Å². The molecule has 0 atom stereocenters. The Morgan fingerprint density at radius 3 is 2.94 bits per heavy atom. The normalized spacial score (nSPS) is 11.1. The molecule has 1 N–H and O–H groups in total. The predicted octanol–water partition coefficient (Wildman–Crippen LogP) is 2.60. The molecule has 3 rings (SSSR count). The second-order valence-electron chi connectivity index (χ2n) is 3.90. The smallest absolute Gasteiger partial charge is 0.178 e. The lowest BCUT2D eigenvalue weighted by Crippen LogP contribution is -2.05. The Balaban J connectivity index is 1.94. The van der Waals surface area contributed by atoms with Gasteiger partial charge < -0.3 is 14.1 Å². The van der Waals surface area contributed by atoms with Gasteiger partial charge in [0, 0.05) is 25.5 Å². The molecule has 5 heteroatoms. The molecular weight excluding hydrogens is 232 g/mol. The van der Waals surface area contributed by atoms with Crippen molar-refractivity contribution in [3.8, 4) is 0 Å². The second kappa shape index (κ2) is 4.18. The Bertz CT molecular complexity index is 678. The molecule has 2 aromatic heterocycles. The van der Waals surface area contributed by atoms with Crippen molar-refractivity contribution >= 4 is 23.3 Å². The number of imidazole rings is 2. The molecule has 3 aromatic rings. The van der Waals surface area contributed by atoms with E-state index in [1.165, 1.54) is 0 Å². The molecule has 0 bridgehead atoms. The number of hydrogen-bond acceptors (Lipinski definition) is 2. The van der Waals surface area contributed by atoms with Crippen molar-refractivity contribution in [1.82, 2.24) is 19.1 Å². The fraction of sp³-hybridized carbons (Fsp3) is 0.167. The molecule has 0 spiro atoms. The zero-order valence-electron chi connectivity index (χ0n) is 9.21. The number of aromatic amines is 1. The summed E-state index contributed by atoms with van der Waals surface area (Å²) >= 11 is 5.33. The second-order valence-corrected chi connectivity index (χ2v) is 4.29. The molecule has 0 saturated heterocycles. The van der Waals surface area contributed by atoms with E-state index < -0.39 is 0 Å². The minimum atomic E-state index is 0.770. The highest BCUT2D eigenvalue weighted by Gasteiger charge is 2.02. The van der Waals surface area contributed by atoms with Gasteiger partial charge in [0.25, 0.3) is 0 Å². The van der Waals surface area contributed by atoms with E-state index >= 15 is 0 Å².